The maximum absolute atomic E-state index is 12.1. The van der Waals surface area contributed by atoms with E-state index >= 15 is 0 Å². The summed E-state index contributed by atoms with van der Waals surface area (Å²) in [6.07, 6.45) is 7.63. The molecule has 0 aliphatic heterocycles. The third kappa shape index (κ3) is 7.55. The summed E-state index contributed by atoms with van der Waals surface area (Å²) in [6, 6.07) is 3.94. The van der Waals surface area contributed by atoms with Crippen molar-refractivity contribution in [2.45, 2.75) is 115 Å². The predicted molar refractivity (Wildman–Crippen MR) is 127 cm³/mol. The van der Waals surface area contributed by atoms with Crippen LogP contribution in [0.2, 0.25) is 0 Å². The van der Waals surface area contributed by atoms with Crippen LogP contribution in [0.15, 0.2) is 12.1 Å². The summed E-state index contributed by atoms with van der Waals surface area (Å²) >= 11 is 4.65. The van der Waals surface area contributed by atoms with Gasteiger partial charge in [-0.2, -0.15) is 12.6 Å². The largest absolute Gasteiger partial charge is 0.507 e. The third-order valence-corrected chi connectivity index (χ3v) is 6.20. The maximum atomic E-state index is 12.1. The van der Waals surface area contributed by atoms with E-state index < -0.39 is 10.7 Å². The molecule has 0 aliphatic carbocycles. The molecule has 1 aromatic carbocycles. The van der Waals surface area contributed by atoms with Crippen molar-refractivity contribution in [2.75, 3.05) is 0 Å². The van der Waals surface area contributed by atoms with Crippen molar-refractivity contribution in [3.63, 3.8) is 0 Å². The molecule has 0 spiro atoms. The molecule has 0 heterocycles. The standard InChI is InChI=1S/C25H42O3S/c1-8-9-10-11-12-13-14-25(29,22(27)28)17-18-15-19(23(2,3)4)21(26)20(16-18)24(5,6)7/h15-16,26,29H,8-14,17H2,1-7H3,(H,27,28). The summed E-state index contributed by atoms with van der Waals surface area (Å²) in [7, 11) is 0. The zero-order valence-corrected chi connectivity index (χ0v) is 20.5. The van der Waals surface area contributed by atoms with Crippen LogP contribution in [0.5, 0.6) is 5.75 Å². The van der Waals surface area contributed by atoms with E-state index in [-0.39, 0.29) is 10.8 Å². The van der Waals surface area contributed by atoms with Gasteiger partial charge >= 0.3 is 5.97 Å². The molecule has 1 rings (SSSR count). The fourth-order valence-corrected chi connectivity index (χ4v) is 4.09. The van der Waals surface area contributed by atoms with Gasteiger partial charge in [-0.25, -0.2) is 0 Å². The highest BCUT2D eigenvalue weighted by molar-refractivity contribution is 7.82. The van der Waals surface area contributed by atoms with E-state index in [0.29, 0.717) is 18.6 Å². The Kier molecular flexibility index (Phi) is 9.13. The Labute approximate surface area is 183 Å². The lowest BCUT2D eigenvalue weighted by atomic mass is 9.77. The highest BCUT2D eigenvalue weighted by Gasteiger charge is 2.35. The minimum Gasteiger partial charge on any atom is -0.507 e. The molecule has 166 valence electrons. The van der Waals surface area contributed by atoms with Gasteiger partial charge in [-0.3, -0.25) is 4.79 Å². The van der Waals surface area contributed by atoms with Crippen molar-refractivity contribution < 1.29 is 15.0 Å². The molecule has 0 aliphatic rings. The maximum Gasteiger partial charge on any atom is 0.319 e. The summed E-state index contributed by atoms with van der Waals surface area (Å²) in [4.78, 5) is 12.1. The molecule has 0 bridgehead atoms. The molecule has 2 N–H and O–H groups in total. The Hall–Kier alpha value is -1.16. The average molecular weight is 423 g/mol. The summed E-state index contributed by atoms with van der Waals surface area (Å²) in [6.45, 7) is 14.6. The molecule has 0 saturated carbocycles. The number of aromatic hydroxyl groups is 1. The molecule has 4 heteroatoms. The molecular formula is C25H42O3S. The lowest BCUT2D eigenvalue weighted by Crippen LogP contribution is -2.35. The minimum absolute atomic E-state index is 0.234. The smallest absolute Gasteiger partial charge is 0.319 e. The predicted octanol–water partition coefficient (Wildman–Crippen LogP) is 7.03. The van der Waals surface area contributed by atoms with E-state index in [1.807, 2.05) is 12.1 Å². The third-order valence-electron chi connectivity index (χ3n) is 5.62. The second-order valence-electron chi connectivity index (χ2n) is 10.6. The Morgan fingerprint density at radius 3 is 1.76 bits per heavy atom. The topological polar surface area (TPSA) is 57.5 Å². The van der Waals surface area contributed by atoms with Crippen LogP contribution in [0, 0.1) is 0 Å². The number of carboxylic acids is 1. The first kappa shape index (κ1) is 25.9. The van der Waals surface area contributed by atoms with E-state index in [4.69, 9.17) is 0 Å². The summed E-state index contributed by atoms with van der Waals surface area (Å²) in [5.74, 6) is -0.540. The first-order valence-electron chi connectivity index (χ1n) is 11.0. The normalized spacial score (nSPS) is 14.6. The number of thiol groups is 1. The molecular weight excluding hydrogens is 380 g/mol. The quantitative estimate of drug-likeness (QED) is 0.280. The van der Waals surface area contributed by atoms with Gasteiger partial charge in [0.05, 0.1) is 0 Å². The van der Waals surface area contributed by atoms with Crippen molar-refractivity contribution in [2.24, 2.45) is 0 Å². The Balaban J connectivity index is 3.15. The number of phenolic OH excluding ortho intramolecular Hbond substituents is 1. The van der Waals surface area contributed by atoms with Crippen molar-refractivity contribution in [3.8, 4) is 5.75 Å². The minimum atomic E-state index is -1.09. The van der Waals surface area contributed by atoms with Crippen LogP contribution >= 0.6 is 12.6 Å². The van der Waals surface area contributed by atoms with Crippen LogP contribution in [0.25, 0.3) is 0 Å². The van der Waals surface area contributed by atoms with Crippen molar-refractivity contribution in [1.82, 2.24) is 0 Å². The Morgan fingerprint density at radius 2 is 1.34 bits per heavy atom. The van der Waals surface area contributed by atoms with Gasteiger partial charge in [-0.15, -0.1) is 0 Å². The van der Waals surface area contributed by atoms with Crippen LogP contribution in [0.3, 0.4) is 0 Å². The van der Waals surface area contributed by atoms with Crippen LogP contribution in [0.4, 0.5) is 0 Å². The zero-order chi connectivity index (χ0) is 22.5. The van der Waals surface area contributed by atoms with Crippen molar-refractivity contribution >= 4 is 18.6 Å². The molecule has 0 aromatic heterocycles. The second-order valence-corrected chi connectivity index (χ2v) is 11.4. The fourth-order valence-electron chi connectivity index (χ4n) is 3.75. The van der Waals surface area contributed by atoms with E-state index in [2.05, 4.69) is 61.1 Å². The first-order chi connectivity index (χ1) is 13.2. The van der Waals surface area contributed by atoms with Gasteiger partial charge in [0.1, 0.15) is 10.5 Å². The summed E-state index contributed by atoms with van der Waals surface area (Å²) in [5.41, 5.74) is 2.19. The number of carbonyl (C=O) groups is 1. The number of unbranched alkanes of at least 4 members (excludes halogenated alkanes) is 5. The average Bonchev–Trinajstić information content (AvgIpc) is 2.57. The summed E-state index contributed by atoms with van der Waals surface area (Å²) < 4.78 is -1.09. The van der Waals surface area contributed by atoms with Crippen LogP contribution < -0.4 is 0 Å². The molecule has 0 saturated heterocycles. The molecule has 1 atom stereocenters. The number of hydrogen-bond donors (Lipinski definition) is 3. The first-order valence-corrected chi connectivity index (χ1v) is 11.5. The highest BCUT2D eigenvalue weighted by atomic mass is 32.1. The lowest BCUT2D eigenvalue weighted by Gasteiger charge is -2.30. The molecule has 3 nitrogen and oxygen atoms in total. The van der Waals surface area contributed by atoms with E-state index in [9.17, 15) is 15.0 Å². The van der Waals surface area contributed by atoms with Crippen LogP contribution in [-0.4, -0.2) is 20.9 Å². The second kappa shape index (κ2) is 10.2. The van der Waals surface area contributed by atoms with E-state index in [1.165, 1.54) is 19.3 Å². The number of hydrogen-bond acceptors (Lipinski definition) is 3. The number of rotatable bonds is 10. The van der Waals surface area contributed by atoms with Gasteiger partial charge in [0.25, 0.3) is 0 Å². The van der Waals surface area contributed by atoms with Gasteiger partial charge in [-0.05, 0) is 40.4 Å². The van der Waals surface area contributed by atoms with Gasteiger partial charge in [0.15, 0.2) is 0 Å². The lowest BCUT2D eigenvalue weighted by molar-refractivity contribution is -0.140. The molecule has 1 unspecified atom stereocenters. The molecule has 29 heavy (non-hydrogen) atoms. The van der Waals surface area contributed by atoms with Crippen molar-refractivity contribution in [1.29, 1.82) is 0 Å². The van der Waals surface area contributed by atoms with Gasteiger partial charge < -0.3 is 10.2 Å². The zero-order valence-electron chi connectivity index (χ0n) is 19.6. The number of phenols is 1. The van der Waals surface area contributed by atoms with Crippen LogP contribution in [0.1, 0.15) is 110 Å². The highest BCUT2D eigenvalue weighted by Crippen LogP contribution is 2.41. The van der Waals surface area contributed by atoms with Gasteiger partial charge in [0.2, 0.25) is 0 Å². The van der Waals surface area contributed by atoms with Gasteiger partial charge in [-0.1, -0.05) is 99.1 Å². The summed E-state index contributed by atoms with van der Waals surface area (Å²) in [5, 5.41) is 20.8. The van der Waals surface area contributed by atoms with Crippen molar-refractivity contribution in [3.05, 3.63) is 28.8 Å². The fraction of sp³-hybridized carbons (Fsp3) is 0.720. The van der Waals surface area contributed by atoms with Gasteiger partial charge in [0, 0.05) is 0 Å². The molecule has 0 amide bonds. The molecule has 0 radical (unpaired) electrons. The Morgan fingerprint density at radius 1 is 0.897 bits per heavy atom. The number of carboxylic acid groups (broad SMARTS) is 1. The SMILES string of the molecule is CCCCCCCCC(S)(Cc1cc(C(C)(C)C)c(O)c(C(C)(C)C)c1)C(=O)O. The Bertz CT molecular complexity index is 647. The molecule has 0 fully saturated rings. The van der Waals surface area contributed by atoms with E-state index in [1.54, 1.807) is 0 Å². The monoisotopic (exact) mass is 422 g/mol. The number of aliphatic carboxylic acids is 1. The molecule has 1 aromatic rings. The van der Waals surface area contributed by atoms with Crippen LogP contribution in [-0.2, 0) is 22.0 Å². The van der Waals surface area contributed by atoms with E-state index in [0.717, 1.165) is 36.0 Å². The number of benzene rings is 1.